The molecule has 27 heavy (non-hydrogen) atoms. The fraction of sp³-hybridized carbons (Fsp3) is 0.350. The molecule has 7 nitrogen and oxygen atoms in total. The van der Waals surface area contributed by atoms with E-state index in [9.17, 15) is 5.11 Å². The van der Waals surface area contributed by atoms with Crippen molar-refractivity contribution in [3.63, 3.8) is 0 Å². The predicted molar refractivity (Wildman–Crippen MR) is 103 cm³/mol. The van der Waals surface area contributed by atoms with Gasteiger partial charge in [-0.05, 0) is 24.6 Å². The molecule has 140 valence electrons. The number of aromatic hydroxyl groups is 1. The second-order valence-electron chi connectivity index (χ2n) is 6.97. The third kappa shape index (κ3) is 3.64. The van der Waals surface area contributed by atoms with E-state index < -0.39 is 0 Å². The summed E-state index contributed by atoms with van der Waals surface area (Å²) >= 11 is 0. The molecule has 4 rings (SSSR count). The van der Waals surface area contributed by atoms with E-state index in [4.69, 9.17) is 0 Å². The number of hydrogen-bond acceptors (Lipinski definition) is 6. The van der Waals surface area contributed by atoms with Crippen molar-refractivity contribution in [3.8, 4) is 5.75 Å². The monoisotopic (exact) mass is 364 g/mol. The van der Waals surface area contributed by atoms with Crippen molar-refractivity contribution >= 4 is 5.82 Å². The summed E-state index contributed by atoms with van der Waals surface area (Å²) in [5.74, 6) is 1.19. The predicted octanol–water partition coefficient (Wildman–Crippen LogP) is 2.29. The van der Waals surface area contributed by atoms with Crippen molar-refractivity contribution in [2.24, 2.45) is 7.05 Å². The molecule has 1 aromatic carbocycles. The highest BCUT2D eigenvalue weighted by atomic mass is 16.3. The molecule has 1 unspecified atom stereocenters. The Kier molecular flexibility index (Phi) is 4.77. The SMILES string of the molecule is Cc1c(CN2CCN(c3cnccn3)CC2c2ccc(O)cc2)cnn1C. The van der Waals surface area contributed by atoms with Crippen LogP contribution in [0.3, 0.4) is 0 Å². The number of hydrogen-bond donors (Lipinski definition) is 1. The van der Waals surface area contributed by atoms with E-state index in [0.29, 0.717) is 0 Å². The Morgan fingerprint density at radius 2 is 1.93 bits per heavy atom. The summed E-state index contributed by atoms with van der Waals surface area (Å²) in [7, 11) is 1.97. The van der Waals surface area contributed by atoms with Crippen molar-refractivity contribution < 1.29 is 5.11 Å². The van der Waals surface area contributed by atoms with E-state index in [2.05, 4.69) is 31.8 Å². The minimum atomic E-state index is 0.195. The van der Waals surface area contributed by atoms with Crippen LogP contribution in [0.1, 0.15) is 22.9 Å². The van der Waals surface area contributed by atoms with Crippen molar-refractivity contribution in [1.82, 2.24) is 24.6 Å². The van der Waals surface area contributed by atoms with Crippen LogP contribution in [0.5, 0.6) is 5.75 Å². The number of aryl methyl sites for hydroxylation is 1. The van der Waals surface area contributed by atoms with Crippen molar-refractivity contribution in [3.05, 3.63) is 65.9 Å². The van der Waals surface area contributed by atoms with Gasteiger partial charge >= 0.3 is 0 Å². The first-order valence-electron chi connectivity index (χ1n) is 9.13. The minimum Gasteiger partial charge on any atom is -0.508 e. The number of anilines is 1. The molecule has 0 radical (unpaired) electrons. The van der Waals surface area contributed by atoms with Crippen molar-refractivity contribution in [2.75, 3.05) is 24.5 Å². The van der Waals surface area contributed by atoms with Gasteiger partial charge in [0.2, 0.25) is 0 Å². The molecule has 2 aromatic heterocycles. The number of phenolic OH excluding ortho intramolecular Hbond substituents is 1. The lowest BCUT2D eigenvalue weighted by Crippen LogP contribution is -2.48. The summed E-state index contributed by atoms with van der Waals surface area (Å²) in [5.41, 5.74) is 3.62. The smallest absolute Gasteiger partial charge is 0.147 e. The van der Waals surface area contributed by atoms with Crippen LogP contribution in [0.25, 0.3) is 0 Å². The van der Waals surface area contributed by atoms with Gasteiger partial charge in [0, 0.05) is 56.9 Å². The molecule has 1 fully saturated rings. The Morgan fingerprint density at radius 3 is 2.59 bits per heavy atom. The summed E-state index contributed by atoms with van der Waals surface area (Å²) in [5, 5.41) is 14.1. The van der Waals surface area contributed by atoms with Crippen LogP contribution in [0.15, 0.2) is 49.1 Å². The van der Waals surface area contributed by atoms with E-state index in [1.165, 1.54) is 16.8 Å². The molecule has 3 aromatic rings. The molecule has 1 aliphatic heterocycles. The average molecular weight is 364 g/mol. The molecule has 1 aliphatic rings. The van der Waals surface area contributed by atoms with Crippen LogP contribution in [0.2, 0.25) is 0 Å². The minimum absolute atomic E-state index is 0.195. The van der Waals surface area contributed by atoms with Crippen molar-refractivity contribution in [2.45, 2.75) is 19.5 Å². The summed E-state index contributed by atoms with van der Waals surface area (Å²) < 4.78 is 1.92. The molecule has 1 saturated heterocycles. The van der Waals surface area contributed by atoms with E-state index in [1.54, 1.807) is 24.5 Å². The van der Waals surface area contributed by atoms with Gasteiger partial charge in [-0.25, -0.2) is 4.98 Å². The first-order chi connectivity index (χ1) is 13.1. The van der Waals surface area contributed by atoms with Gasteiger partial charge in [-0.15, -0.1) is 0 Å². The number of phenols is 1. The molecule has 1 N–H and O–H groups in total. The fourth-order valence-corrected chi connectivity index (χ4v) is 3.60. The summed E-state index contributed by atoms with van der Waals surface area (Å²) in [6.07, 6.45) is 7.20. The maximum Gasteiger partial charge on any atom is 0.147 e. The number of nitrogens with zero attached hydrogens (tertiary/aromatic N) is 6. The van der Waals surface area contributed by atoms with Crippen molar-refractivity contribution in [1.29, 1.82) is 0 Å². The molecule has 3 heterocycles. The van der Waals surface area contributed by atoms with Crippen LogP contribution in [0.4, 0.5) is 5.82 Å². The highest BCUT2D eigenvalue weighted by Gasteiger charge is 2.29. The fourth-order valence-electron chi connectivity index (χ4n) is 3.60. The van der Waals surface area contributed by atoms with Gasteiger partial charge < -0.3 is 10.0 Å². The highest BCUT2D eigenvalue weighted by molar-refractivity contribution is 5.38. The summed E-state index contributed by atoms with van der Waals surface area (Å²) in [6.45, 7) is 5.58. The van der Waals surface area contributed by atoms with Gasteiger partial charge in [-0.2, -0.15) is 5.10 Å². The molecular formula is C20H24N6O. The quantitative estimate of drug-likeness (QED) is 0.766. The van der Waals surface area contributed by atoms with Gasteiger partial charge in [-0.3, -0.25) is 14.6 Å². The molecule has 0 bridgehead atoms. The Labute approximate surface area is 158 Å². The second-order valence-corrected chi connectivity index (χ2v) is 6.97. The van der Waals surface area contributed by atoms with E-state index >= 15 is 0 Å². The number of rotatable bonds is 4. The largest absolute Gasteiger partial charge is 0.508 e. The Morgan fingerprint density at radius 1 is 1.11 bits per heavy atom. The van der Waals surface area contributed by atoms with Gasteiger partial charge in [0.05, 0.1) is 18.4 Å². The highest BCUT2D eigenvalue weighted by Crippen LogP contribution is 2.30. The average Bonchev–Trinajstić information content (AvgIpc) is 3.02. The van der Waals surface area contributed by atoms with Gasteiger partial charge in [0.15, 0.2) is 0 Å². The lowest BCUT2D eigenvalue weighted by Gasteiger charge is -2.42. The number of aromatic nitrogens is 4. The summed E-state index contributed by atoms with van der Waals surface area (Å²) in [4.78, 5) is 13.4. The van der Waals surface area contributed by atoms with Crippen LogP contribution < -0.4 is 4.90 Å². The van der Waals surface area contributed by atoms with Crippen LogP contribution in [-0.4, -0.2) is 49.4 Å². The van der Waals surface area contributed by atoms with Crippen LogP contribution >= 0.6 is 0 Å². The maximum absolute atomic E-state index is 9.67. The maximum atomic E-state index is 9.67. The molecule has 0 spiro atoms. The second kappa shape index (κ2) is 7.36. The molecule has 1 atom stereocenters. The van der Waals surface area contributed by atoms with Crippen LogP contribution in [0, 0.1) is 6.92 Å². The van der Waals surface area contributed by atoms with E-state index in [-0.39, 0.29) is 11.8 Å². The molecule has 0 saturated carbocycles. The molecular weight excluding hydrogens is 340 g/mol. The molecule has 0 aliphatic carbocycles. The van der Waals surface area contributed by atoms with Crippen LogP contribution in [-0.2, 0) is 13.6 Å². The zero-order valence-electron chi connectivity index (χ0n) is 15.7. The first-order valence-corrected chi connectivity index (χ1v) is 9.13. The zero-order chi connectivity index (χ0) is 18.8. The Bertz CT molecular complexity index is 893. The summed E-state index contributed by atoms with van der Waals surface area (Å²) in [6, 6.07) is 7.71. The Hall–Kier alpha value is -2.93. The number of piperazine rings is 1. The Balaban J connectivity index is 1.61. The molecule has 7 heteroatoms. The lowest BCUT2D eigenvalue weighted by atomic mass is 10.0. The topological polar surface area (TPSA) is 70.3 Å². The van der Waals surface area contributed by atoms with E-state index in [1.807, 2.05) is 36.3 Å². The molecule has 0 amide bonds. The standard InChI is InChI=1S/C20H24N6O/c1-15-17(11-23-24(15)2)13-25-9-10-26(20-12-21-7-8-22-20)14-19(25)16-3-5-18(27)6-4-16/h3-8,11-12,19,27H,9-10,13-14H2,1-2H3. The third-order valence-corrected chi connectivity index (χ3v) is 5.35. The van der Waals surface area contributed by atoms with Gasteiger partial charge in [0.1, 0.15) is 11.6 Å². The lowest BCUT2D eigenvalue weighted by molar-refractivity contribution is 0.168. The van der Waals surface area contributed by atoms with E-state index in [0.717, 1.165) is 32.0 Å². The first kappa shape index (κ1) is 17.5. The number of benzene rings is 1. The van der Waals surface area contributed by atoms with Gasteiger partial charge in [0.25, 0.3) is 0 Å². The third-order valence-electron chi connectivity index (χ3n) is 5.35. The zero-order valence-corrected chi connectivity index (χ0v) is 15.7. The van der Waals surface area contributed by atoms with Gasteiger partial charge in [-0.1, -0.05) is 12.1 Å². The normalized spacial score (nSPS) is 18.0.